The van der Waals surface area contributed by atoms with Gasteiger partial charge in [-0.2, -0.15) is 0 Å². The molecule has 2 rings (SSSR count). The van der Waals surface area contributed by atoms with Crippen molar-refractivity contribution in [1.82, 2.24) is 25.0 Å². The SMILES string of the molecule is Cc1nnc(CN2CCNCC2(C)C)n1C. The molecule has 0 spiro atoms. The normalized spacial score (nSPS) is 21.2. The number of hydrogen-bond acceptors (Lipinski definition) is 4. The van der Waals surface area contributed by atoms with Gasteiger partial charge in [-0.3, -0.25) is 4.90 Å². The Labute approximate surface area is 96.8 Å². The zero-order chi connectivity index (χ0) is 11.8. The molecule has 2 heterocycles. The fourth-order valence-electron chi connectivity index (χ4n) is 2.08. The van der Waals surface area contributed by atoms with Crippen molar-refractivity contribution in [3.8, 4) is 0 Å². The van der Waals surface area contributed by atoms with Gasteiger partial charge in [0.2, 0.25) is 0 Å². The Kier molecular flexibility index (Phi) is 2.99. The minimum Gasteiger partial charge on any atom is -0.317 e. The van der Waals surface area contributed by atoms with Gasteiger partial charge >= 0.3 is 0 Å². The molecule has 1 saturated heterocycles. The van der Waals surface area contributed by atoms with Crippen LogP contribution in [-0.2, 0) is 13.6 Å². The van der Waals surface area contributed by atoms with E-state index in [4.69, 9.17) is 0 Å². The van der Waals surface area contributed by atoms with Crippen LogP contribution in [0.3, 0.4) is 0 Å². The number of aryl methyl sites for hydroxylation is 1. The first-order valence-electron chi connectivity index (χ1n) is 5.81. The highest BCUT2D eigenvalue weighted by molar-refractivity contribution is 4.96. The molecule has 0 unspecified atom stereocenters. The van der Waals surface area contributed by atoms with E-state index in [1.54, 1.807) is 0 Å². The second kappa shape index (κ2) is 4.14. The van der Waals surface area contributed by atoms with Crippen molar-refractivity contribution in [1.29, 1.82) is 0 Å². The van der Waals surface area contributed by atoms with Crippen molar-refractivity contribution in [3.63, 3.8) is 0 Å². The first kappa shape index (κ1) is 11.5. The van der Waals surface area contributed by atoms with Gasteiger partial charge in [-0.1, -0.05) is 0 Å². The Morgan fingerprint density at radius 2 is 2.12 bits per heavy atom. The fourth-order valence-corrected chi connectivity index (χ4v) is 2.08. The molecule has 5 nitrogen and oxygen atoms in total. The van der Waals surface area contributed by atoms with Crippen molar-refractivity contribution in [2.24, 2.45) is 7.05 Å². The molecular formula is C11H21N5. The second-order valence-corrected chi connectivity index (χ2v) is 5.13. The lowest BCUT2D eigenvalue weighted by Crippen LogP contribution is -2.57. The van der Waals surface area contributed by atoms with Crippen molar-refractivity contribution in [2.75, 3.05) is 19.6 Å². The summed E-state index contributed by atoms with van der Waals surface area (Å²) >= 11 is 0. The summed E-state index contributed by atoms with van der Waals surface area (Å²) < 4.78 is 2.07. The topological polar surface area (TPSA) is 46.0 Å². The van der Waals surface area contributed by atoms with Gasteiger partial charge in [0.15, 0.2) is 0 Å². The summed E-state index contributed by atoms with van der Waals surface area (Å²) in [6.45, 7) is 10.6. The molecule has 0 aliphatic carbocycles. The van der Waals surface area contributed by atoms with E-state index >= 15 is 0 Å². The Balaban J connectivity index is 2.11. The Bertz CT molecular complexity index is 368. The van der Waals surface area contributed by atoms with Gasteiger partial charge in [0, 0.05) is 32.2 Å². The maximum Gasteiger partial charge on any atom is 0.146 e. The predicted molar refractivity (Wildman–Crippen MR) is 63.1 cm³/mol. The van der Waals surface area contributed by atoms with Crippen LogP contribution in [0.1, 0.15) is 25.5 Å². The summed E-state index contributed by atoms with van der Waals surface area (Å²) in [6, 6.07) is 0. The summed E-state index contributed by atoms with van der Waals surface area (Å²) in [4.78, 5) is 2.47. The van der Waals surface area contributed by atoms with Gasteiger partial charge in [0.05, 0.1) is 6.54 Å². The van der Waals surface area contributed by atoms with E-state index in [9.17, 15) is 0 Å². The van der Waals surface area contributed by atoms with Crippen molar-refractivity contribution in [2.45, 2.75) is 32.9 Å². The summed E-state index contributed by atoms with van der Waals surface area (Å²) in [5.74, 6) is 2.02. The third kappa shape index (κ3) is 2.10. The van der Waals surface area contributed by atoms with Crippen molar-refractivity contribution in [3.05, 3.63) is 11.6 Å². The zero-order valence-electron chi connectivity index (χ0n) is 10.6. The van der Waals surface area contributed by atoms with E-state index in [0.717, 1.165) is 37.8 Å². The lowest BCUT2D eigenvalue weighted by atomic mass is 10.0. The molecule has 1 aliphatic heterocycles. The highest BCUT2D eigenvalue weighted by atomic mass is 15.3. The second-order valence-electron chi connectivity index (χ2n) is 5.13. The summed E-state index contributed by atoms with van der Waals surface area (Å²) in [5, 5.41) is 11.8. The van der Waals surface area contributed by atoms with E-state index in [1.165, 1.54) is 0 Å². The maximum absolute atomic E-state index is 4.23. The molecule has 1 N–H and O–H groups in total. The van der Waals surface area contributed by atoms with Crippen LogP contribution in [0.4, 0.5) is 0 Å². The highest BCUT2D eigenvalue weighted by Gasteiger charge is 2.30. The average molecular weight is 223 g/mol. The molecule has 0 aromatic carbocycles. The minimum atomic E-state index is 0.193. The third-order valence-electron chi connectivity index (χ3n) is 3.49. The number of nitrogens with one attached hydrogen (secondary N) is 1. The van der Waals surface area contributed by atoms with Crippen molar-refractivity contribution >= 4 is 0 Å². The van der Waals surface area contributed by atoms with Crippen LogP contribution in [0.5, 0.6) is 0 Å². The molecule has 0 amide bonds. The minimum absolute atomic E-state index is 0.193. The first-order valence-corrected chi connectivity index (χ1v) is 5.81. The summed E-state index contributed by atoms with van der Waals surface area (Å²) in [7, 11) is 2.03. The quantitative estimate of drug-likeness (QED) is 0.783. The highest BCUT2D eigenvalue weighted by Crippen LogP contribution is 2.18. The molecule has 1 aromatic rings. The van der Waals surface area contributed by atoms with Crippen LogP contribution in [0.2, 0.25) is 0 Å². The number of rotatable bonds is 2. The Morgan fingerprint density at radius 3 is 2.69 bits per heavy atom. The van der Waals surface area contributed by atoms with Crippen LogP contribution < -0.4 is 5.32 Å². The fraction of sp³-hybridized carbons (Fsp3) is 0.818. The van der Waals surface area contributed by atoms with Crippen LogP contribution in [0.15, 0.2) is 0 Å². The first-order chi connectivity index (χ1) is 7.50. The number of piperazine rings is 1. The van der Waals surface area contributed by atoms with Gasteiger partial charge in [0.25, 0.3) is 0 Å². The van der Waals surface area contributed by atoms with Gasteiger partial charge in [-0.15, -0.1) is 10.2 Å². The third-order valence-corrected chi connectivity index (χ3v) is 3.49. The van der Waals surface area contributed by atoms with Crippen molar-refractivity contribution < 1.29 is 0 Å². The van der Waals surface area contributed by atoms with E-state index in [0.29, 0.717) is 0 Å². The molecule has 90 valence electrons. The van der Waals surface area contributed by atoms with Crippen LogP contribution in [0, 0.1) is 6.92 Å². The molecule has 5 heteroatoms. The number of hydrogen-bond donors (Lipinski definition) is 1. The molecule has 1 fully saturated rings. The Hall–Kier alpha value is -0.940. The average Bonchev–Trinajstić information content (AvgIpc) is 2.53. The van der Waals surface area contributed by atoms with Crippen LogP contribution in [-0.4, -0.2) is 44.8 Å². The lowest BCUT2D eigenvalue weighted by molar-refractivity contribution is 0.0789. The smallest absolute Gasteiger partial charge is 0.146 e. The molecule has 0 radical (unpaired) electrons. The summed E-state index contributed by atoms with van der Waals surface area (Å²) in [5.41, 5.74) is 0.193. The van der Waals surface area contributed by atoms with Gasteiger partial charge in [0.1, 0.15) is 11.6 Å². The molecule has 1 aromatic heterocycles. The molecule has 0 bridgehead atoms. The maximum atomic E-state index is 4.23. The monoisotopic (exact) mass is 223 g/mol. The van der Waals surface area contributed by atoms with Gasteiger partial charge < -0.3 is 9.88 Å². The zero-order valence-corrected chi connectivity index (χ0v) is 10.6. The van der Waals surface area contributed by atoms with Gasteiger partial charge in [-0.25, -0.2) is 0 Å². The standard InChI is InChI=1S/C11H21N5/c1-9-13-14-10(15(9)4)7-16-6-5-12-8-11(16,2)3/h12H,5-8H2,1-4H3. The molecule has 16 heavy (non-hydrogen) atoms. The lowest BCUT2D eigenvalue weighted by Gasteiger charge is -2.42. The van der Waals surface area contributed by atoms with E-state index < -0.39 is 0 Å². The van der Waals surface area contributed by atoms with Crippen LogP contribution in [0.25, 0.3) is 0 Å². The van der Waals surface area contributed by atoms with Gasteiger partial charge in [-0.05, 0) is 20.8 Å². The molecule has 0 saturated carbocycles. The molecule has 0 atom stereocenters. The number of nitrogens with zero attached hydrogens (tertiary/aromatic N) is 4. The summed E-state index contributed by atoms with van der Waals surface area (Å²) in [6.07, 6.45) is 0. The Morgan fingerprint density at radius 1 is 1.38 bits per heavy atom. The van der Waals surface area contributed by atoms with E-state index in [-0.39, 0.29) is 5.54 Å². The van der Waals surface area contributed by atoms with Crippen LogP contribution >= 0.6 is 0 Å². The number of aromatic nitrogens is 3. The van der Waals surface area contributed by atoms with E-state index in [2.05, 4.69) is 38.8 Å². The predicted octanol–water partition coefficient (Wildman–Crippen LogP) is 0.307. The molecule has 1 aliphatic rings. The molecular weight excluding hydrogens is 202 g/mol. The largest absolute Gasteiger partial charge is 0.317 e. The van der Waals surface area contributed by atoms with E-state index in [1.807, 2.05) is 14.0 Å².